The third-order valence-corrected chi connectivity index (χ3v) is 10.8. The number of hydrogen-bond acceptors (Lipinski definition) is 5. The number of rotatable bonds is 4. The summed E-state index contributed by atoms with van der Waals surface area (Å²) >= 11 is 1.71. The molecule has 0 spiro atoms. The van der Waals surface area contributed by atoms with Crippen molar-refractivity contribution in [3.63, 3.8) is 0 Å². The van der Waals surface area contributed by atoms with Gasteiger partial charge in [-0.3, -0.25) is 0 Å². The van der Waals surface area contributed by atoms with E-state index in [1.807, 2.05) is 66.2 Å². The second-order valence-electron chi connectivity index (χ2n) is 13.2. The van der Waals surface area contributed by atoms with Gasteiger partial charge in [-0.2, -0.15) is 0 Å². The van der Waals surface area contributed by atoms with E-state index in [4.69, 9.17) is 19.9 Å². The van der Waals surface area contributed by atoms with Crippen molar-refractivity contribution >= 4 is 43.4 Å². The minimum Gasteiger partial charge on any atom is -0.309 e. The van der Waals surface area contributed by atoms with E-state index in [1.165, 1.54) is 32.3 Å². The third kappa shape index (κ3) is 4.24. The Morgan fingerprint density at radius 3 is 1.92 bits per heavy atom. The minimum absolute atomic E-state index is 0.175. The minimum atomic E-state index is -0.175. The van der Waals surface area contributed by atoms with E-state index >= 15 is 0 Å². The highest BCUT2D eigenvalue weighted by atomic mass is 32.1. The maximum Gasteiger partial charge on any atom is 0.164 e. The summed E-state index contributed by atoms with van der Waals surface area (Å²) in [4.78, 5) is 19.7. The molecule has 1 aliphatic carbocycles. The first-order valence-corrected chi connectivity index (χ1v) is 17.3. The van der Waals surface area contributed by atoms with Crippen LogP contribution in [-0.4, -0.2) is 24.5 Å². The Bertz CT molecular complexity index is 2680. The van der Waals surface area contributed by atoms with Gasteiger partial charge in [-0.05, 0) is 64.7 Å². The van der Waals surface area contributed by atoms with Gasteiger partial charge in [0.25, 0.3) is 0 Å². The quantitative estimate of drug-likeness (QED) is 0.191. The molecule has 9 aromatic rings. The molecule has 0 atom stereocenters. The van der Waals surface area contributed by atoms with Gasteiger partial charge in [-0.1, -0.05) is 105 Å². The van der Waals surface area contributed by atoms with Gasteiger partial charge in [0, 0.05) is 38.6 Å². The van der Waals surface area contributed by atoms with E-state index in [9.17, 15) is 0 Å². The molecule has 0 amide bonds. The van der Waals surface area contributed by atoms with Crippen molar-refractivity contribution in [1.82, 2.24) is 24.5 Å². The zero-order chi connectivity index (χ0) is 32.7. The predicted molar refractivity (Wildman–Crippen MR) is 201 cm³/mol. The molecule has 3 aromatic heterocycles. The molecular formula is C43H29N5S. The van der Waals surface area contributed by atoms with E-state index in [-0.39, 0.29) is 5.41 Å². The molecule has 5 nitrogen and oxygen atoms in total. The number of nitrogens with zero attached hydrogens (tertiary/aromatic N) is 5. The third-order valence-electron chi connectivity index (χ3n) is 9.98. The molecule has 6 heteroatoms. The summed E-state index contributed by atoms with van der Waals surface area (Å²) in [6.07, 6.45) is 0. The van der Waals surface area contributed by atoms with Crippen molar-refractivity contribution in [3.8, 4) is 51.0 Å². The van der Waals surface area contributed by atoms with E-state index in [0.29, 0.717) is 17.5 Å². The lowest BCUT2D eigenvalue weighted by Crippen LogP contribution is -2.16. The van der Waals surface area contributed by atoms with E-state index < -0.39 is 0 Å². The van der Waals surface area contributed by atoms with Crippen LogP contribution in [0.5, 0.6) is 0 Å². The Kier molecular flexibility index (Phi) is 6.02. The lowest BCUT2D eigenvalue weighted by molar-refractivity contribution is 0.664. The van der Waals surface area contributed by atoms with Crippen LogP contribution in [0.15, 0.2) is 139 Å². The largest absolute Gasteiger partial charge is 0.309 e. The summed E-state index contributed by atoms with van der Waals surface area (Å²) in [6, 6.07) is 46.9. The molecule has 6 aromatic carbocycles. The zero-order valence-electron chi connectivity index (χ0n) is 26.9. The van der Waals surface area contributed by atoms with Crippen LogP contribution in [0.3, 0.4) is 0 Å². The first-order chi connectivity index (χ1) is 24.0. The average Bonchev–Trinajstić information content (AvgIpc) is 3.83. The molecule has 3 heterocycles. The smallest absolute Gasteiger partial charge is 0.164 e. The van der Waals surface area contributed by atoms with Crippen LogP contribution < -0.4 is 0 Å². The Balaban J connectivity index is 1.15. The van der Waals surface area contributed by atoms with Gasteiger partial charge in [0.15, 0.2) is 17.5 Å². The summed E-state index contributed by atoms with van der Waals surface area (Å²) in [5.74, 6) is 1.96. The molecule has 0 fully saturated rings. The van der Waals surface area contributed by atoms with Gasteiger partial charge in [-0.15, -0.1) is 11.3 Å². The van der Waals surface area contributed by atoms with Crippen LogP contribution in [0.1, 0.15) is 25.0 Å². The summed E-state index contributed by atoms with van der Waals surface area (Å²) in [5.41, 5.74) is 14.5. The molecule has 0 N–H and O–H groups in total. The number of fused-ring (bicyclic) bond motifs is 8. The molecule has 232 valence electrons. The number of para-hydroxylation sites is 1. The first kappa shape index (κ1) is 28.1. The summed E-state index contributed by atoms with van der Waals surface area (Å²) in [5, 5.41) is 2.34. The molecule has 1 aliphatic rings. The van der Waals surface area contributed by atoms with Gasteiger partial charge in [0.1, 0.15) is 0 Å². The maximum atomic E-state index is 5.01. The van der Waals surface area contributed by atoms with Crippen LogP contribution in [-0.2, 0) is 5.41 Å². The van der Waals surface area contributed by atoms with Crippen molar-refractivity contribution in [2.75, 3.05) is 0 Å². The highest BCUT2D eigenvalue weighted by Gasteiger charge is 2.38. The lowest BCUT2D eigenvalue weighted by Gasteiger charge is -2.22. The second kappa shape index (κ2) is 10.5. The van der Waals surface area contributed by atoms with E-state index in [0.717, 1.165) is 44.3 Å². The normalized spacial score (nSPS) is 13.3. The van der Waals surface area contributed by atoms with Crippen molar-refractivity contribution in [2.24, 2.45) is 0 Å². The van der Waals surface area contributed by atoms with Crippen molar-refractivity contribution < 1.29 is 0 Å². The summed E-state index contributed by atoms with van der Waals surface area (Å²) < 4.78 is 3.63. The highest BCUT2D eigenvalue weighted by Crippen LogP contribution is 2.52. The van der Waals surface area contributed by atoms with Crippen LogP contribution in [0.4, 0.5) is 0 Å². The predicted octanol–water partition coefficient (Wildman–Crippen LogP) is 10.9. The fourth-order valence-corrected chi connectivity index (χ4v) is 8.36. The number of hydrogen-bond donors (Lipinski definition) is 0. The molecule has 0 saturated heterocycles. The van der Waals surface area contributed by atoms with Crippen molar-refractivity contribution in [3.05, 3.63) is 150 Å². The van der Waals surface area contributed by atoms with Crippen LogP contribution >= 0.6 is 11.3 Å². The SMILES string of the molecule is CC1(C)c2cc(-n3c4ccccc4c4cc(-c5nc(-c6ccccc6)nc(-c6ccccc6)n5)ccc43)ccc2-c2ccc3scnc3c21. The van der Waals surface area contributed by atoms with Gasteiger partial charge in [-0.25, -0.2) is 19.9 Å². The maximum absolute atomic E-state index is 5.01. The number of aromatic nitrogens is 5. The molecule has 0 unspecified atom stereocenters. The van der Waals surface area contributed by atoms with E-state index in [2.05, 4.69) is 91.2 Å². The van der Waals surface area contributed by atoms with Gasteiger partial charge < -0.3 is 4.57 Å². The average molecular weight is 648 g/mol. The summed E-state index contributed by atoms with van der Waals surface area (Å²) in [7, 11) is 0. The number of thiazole rings is 1. The van der Waals surface area contributed by atoms with Crippen LogP contribution in [0.25, 0.3) is 83.0 Å². The Labute approximate surface area is 287 Å². The molecule has 0 saturated carbocycles. The van der Waals surface area contributed by atoms with Gasteiger partial charge >= 0.3 is 0 Å². The lowest BCUT2D eigenvalue weighted by atomic mass is 9.82. The van der Waals surface area contributed by atoms with Gasteiger partial charge in [0.05, 0.1) is 26.8 Å². The monoisotopic (exact) mass is 647 g/mol. The standard InChI is InChI=1S/C43H29N5S/c1-43(2)34-24-29(18-19-30(34)32-20-22-37-39(38(32)43)44-25-49-37)48-35-16-10-9-15-31(35)33-23-28(17-21-36(33)48)42-46-40(26-11-5-3-6-12-26)45-41(47-42)27-13-7-4-8-14-27/h3-25H,1-2H3. The first-order valence-electron chi connectivity index (χ1n) is 16.5. The highest BCUT2D eigenvalue weighted by molar-refractivity contribution is 7.16. The Hall–Kier alpha value is -5.98. The van der Waals surface area contributed by atoms with Crippen LogP contribution in [0, 0.1) is 0 Å². The Morgan fingerprint density at radius 2 is 1.18 bits per heavy atom. The Morgan fingerprint density at radius 1 is 0.551 bits per heavy atom. The van der Waals surface area contributed by atoms with Gasteiger partial charge in [0.2, 0.25) is 0 Å². The summed E-state index contributed by atoms with van der Waals surface area (Å²) in [6.45, 7) is 4.67. The van der Waals surface area contributed by atoms with Crippen molar-refractivity contribution in [2.45, 2.75) is 19.3 Å². The molecule has 0 bridgehead atoms. The fraction of sp³-hybridized carbons (Fsp3) is 0.0698. The second-order valence-corrected chi connectivity index (χ2v) is 14.1. The van der Waals surface area contributed by atoms with Crippen LogP contribution in [0.2, 0.25) is 0 Å². The molecule has 0 aliphatic heterocycles. The molecule has 0 radical (unpaired) electrons. The zero-order valence-corrected chi connectivity index (χ0v) is 27.7. The topological polar surface area (TPSA) is 56.5 Å². The molecular weight excluding hydrogens is 619 g/mol. The molecule has 49 heavy (non-hydrogen) atoms. The number of benzene rings is 6. The fourth-order valence-electron chi connectivity index (χ4n) is 7.67. The molecule has 10 rings (SSSR count). The van der Waals surface area contributed by atoms with Crippen molar-refractivity contribution in [1.29, 1.82) is 0 Å². The van der Waals surface area contributed by atoms with E-state index in [1.54, 1.807) is 11.3 Å².